The van der Waals surface area contributed by atoms with Gasteiger partial charge in [-0.25, -0.2) is 4.39 Å². The van der Waals surface area contributed by atoms with Gasteiger partial charge < -0.3 is 15.8 Å². The van der Waals surface area contributed by atoms with E-state index in [9.17, 15) is 9.18 Å². The number of hydrogen-bond donors (Lipinski definition) is 2. The van der Waals surface area contributed by atoms with Crippen LogP contribution in [0.1, 0.15) is 33.1 Å². The van der Waals surface area contributed by atoms with E-state index in [1.54, 1.807) is 6.92 Å². The zero-order valence-corrected chi connectivity index (χ0v) is 11.4. The van der Waals surface area contributed by atoms with Crippen molar-refractivity contribution < 1.29 is 13.9 Å². The number of carbonyl (C=O) groups is 1. The van der Waals surface area contributed by atoms with Gasteiger partial charge in [0.2, 0.25) is 0 Å². The Morgan fingerprint density at radius 1 is 1.47 bits per heavy atom. The van der Waals surface area contributed by atoms with Gasteiger partial charge in [0.1, 0.15) is 11.6 Å². The monoisotopic (exact) mass is 268 g/mol. The molecule has 0 spiro atoms. The maximum atomic E-state index is 12.9. The summed E-state index contributed by atoms with van der Waals surface area (Å²) in [5, 5.41) is 2.79. The fourth-order valence-electron chi connectivity index (χ4n) is 1.60. The minimum Gasteiger partial charge on any atom is -0.479 e. The molecule has 0 saturated heterocycles. The fourth-order valence-corrected chi connectivity index (χ4v) is 1.60. The largest absolute Gasteiger partial charge is 0.479 e. The highest BCUT2D eigenvalue weighted by molar-refractivity contribution is 5.80. The highest BCUT2D eigenvalue weighted by Gasteiger charge is 2.15. The van der Waals surface area contributed by atoms with E-state index in [0.29, 0.717) is 12.3 Å². The molecule has 0 radical (unpaired) electrons. The second-order valence-electron chi connectivity index (χ2n) is 4.44. The van der Waals surface area contributed by atoms with E-state index in [2.05, 4.69) is 12.2 Å². The Morgan fingerprint density at radius 3 is 2.84 bits per heavy atom. The number of nitrogens with one attached hydrogen (secondary N) is 1. The van der Waals surface area contributed by atoms with E-state index in [-0.39, 0.29) is 11.6 Å². The normalized spacial score (nSPS) is 11.9. The van der Waals surface area contributed by atoms with Gasteiger partial charge >= 0.3 is 0 Å². The van der Waals surface area contributed by atoms with E-state index in [4.69, 9.17) is 10.5 Å². The lowest BCUT2D eigenvalue weighted by Crippen LogP contribution is -2.36. The summed E-state index contributed by atoms with van der Waals surface area (Å²) >= 11 is 0. The number of unbranched alkanes of at least 4 members (excludes halogenated alkanes) is 2. The predicted molar refractivity (Wildman–Crippen MR) is 73.4 cm³/mol. The summed E-state index contributed by atoms with van der Waals surface area (Å²) in [5.74, 6) is -0.307. The van der Waals surface area contributed by atoms with Gasteiger partial charge in [-0.3, -0.25) is 4.79 Å². The molecule has 1 unspecified atom stereocenters. The van der Waals surface area contributed by atoms with Gasteiger partial charge in [-0.1, -0.05) is 19.8 Å². The Balaban J connectivity index is 2.45. The molecule has 1 aromatic carbocycles. The Morgan fingerprint density at radius 2 is 2.21 bits per heavy atom. The number of hydrogen-bond acceptors (Lipinski definition) is 3. The van der Waals surface area contributed by atoms with Crippen LogP contribution < -0.4 is 15.8 Å². The molecule has 1 atom stereocenters. The molecular weight excluding hydrogens is 247 g/mol. The van der Waals surface area contributed by atoms with E-state index in [1.807, 2.05) is 0 Å². The Kier molecular flexibility index (Phi) is 6.12. The van der Waals surface area contributed by atoms with E-state index in [1.165, 1.54) is 18.2 Å². The maximum absolute atomic E-state index is 12.9. The van der Waals surface area contributed by atoms with Gasteiger partial charge in [-0.05, 0) is 25.5 Å². The van der Waals surface area contributed by atoms with Crippen LogP contribution in [0.5, 0.6) is 5.75 Å². The number of halogens is 1. The number of ether oxygens (including phenoxy) is 1. The number of rotatable bonds is 7. The van der Waals surface area contributed by atoms with Crippen LogP contribution in [-0.2, 0) is 4.79 Å². The Hall–Kier alpha value is -1.78. The van der Waals surface area contributed by atoms with Crippen molar-refractivity contribution in [3.05, 3.63) is 24.0 Å². The summed E-state index contributed by atoms with van der Waals surface area (Å²) in [4.78, 5) is 11.7. The molecule has 0 aliphatic rings. The SMILES string of the molecule is CCCCCNC(=O)C(C)Oc1ccc(F)cc1N. The number of nitrogens with two attached hydrogens (primary N) is 1. The number of nitrogen functional groups attached to an aromatic ring is 1. The first-order valence-electron chi connectivity index (χ1n) is 6.54. The van der Waals surface area contributed by atoms with E-state index < -0.39 is 11.9 Å². The number of amides is 1. The first kappa shape index (κ1) is 15.3. The van der Waals surface area contributed by atoms with E-state index in [0.717, 1.165) is 19.3 Å². The first-order valence-corrected chi connectivity index (χ1v) is 6.54. The average Bonchev–Trinajstić information content (AvgIpc) is 2.37. The Labute approximate surface area is 113 Å². The second-order valence-corrected chi connectivity index (χ2v) is 4.44. The summed E-state index contributed by atoms with van der Waals surface area (Å²) < 4.78 is 18.3. The molecule has 0 aromatic heterocycles. The van der Waals surface area contributed by atoms with Crippen molar-refractivity contribution >= 4 is 11.6 Å². The molecule has 1 aromatic rings. The molecule has 0 fully saturated rings. The van der Waals surface area contributed by atoms with Gasteiger partial charge in [0.05, 0.1) is 5.69 Å². The predicted octanol–water partition coefficient (Wildman–Crippen LogP) is 2.48. The number of benzene rings is 1. The van der Waals surface area contributed by atoms with Crippen molar-refractivity contribution in [1.29, 1.82) is 0 Å². The van der Waals surface area contributed by atoms with Crippen LogP contribution in [0.3, 0.4) is 0 Å². The van der Waals surface area contributed by atoms with Crippen LogP contribution in [0.2, 0.25) is 0 Å². The van der Waals surface area contributed by atoms with Gasteiger partial charge in [0, 0.05) is 12.6 Å². The molecule has 0 heterocycles. The molecule has 3 N–H and O–H groups in total. The third-order valence-electron chi connectivity index (χ3n) is 2.72. The molecule has 0 aliphatic carbocycles. The molecule has 1 amide bonds. The summed E-state index contributed by atoms with van der Waals surface area (Å²) in [5.41, 5.74) is 5.80. The molecule has 1 rings (SSSR count). The van der Waals surface area contributed by atoms with Crippen molar-refractivity contribution in [2.24, 2.45) is 0 Å². The molecule has 4 nitrogen and oxygen atoms in total. The highest BCUT2D eigenvalue weighted by atomic mass is 19.1. The Bertz CT molecular complexity index is 424. The molecule has 0 bridgehead atoms. The fraction of sp³-hybridized carbons (Fsp3) is 0.500. The molecule has 19 heavy (non-hydrogen) atoms. The molecule has 0 aliphatic heterocycles. The van der Waals surface area contributed by atoms with Crippen molar-refractivity contribution in [1.82, 2.24) is 5.32 Å². The summed E-state index contributed by atoms with van der Waals surface area (Å²) in [6.07, 6.45) is 2.48. The lowest BCUT2D eigenvalue weighted by atomic mass is 10.2. The molecule has 5 heteroatoms. The minimum absolute atomic E-state index is 0.186. The lowest BCUT2D eigenvalue weighted by molar-refractivity contribution is -0.127. The van der Waals surface area contributed by atoms with Gasteiger partial charge in [-0.15, -0.1) is 0 Å². The average molecular weight is 268 g/mol. The van der Waals surface area contributed by atoms with Gasteiger partial charge in [0.15, 0.2) is 6.10 Å². The quantitative estimate of drug-likeness (QED) is 0.590. The molecule has 0 saturated carbocycles. The highest BCUT2D eigenvalue weighted by Crippen LogP contribution is 2.22. The number of carbonyl (C=O) groups excluding carboxylic acids is 1. The van der Waals surface area contributed by atoms with Crippen LogP contribution in [0.4, 0.5) is 10.1 Å². The maximum Gasteiger partial charge on any atom is 0.260 e. The lowest BCUT2D eigenvalue weighted by Gasteiger charge is -2.16. The second kappa shape index (κ2) is 7.61. The van der Waals surface area contributed by atoms with Crippen LogP contribution >= 0.6 is 0 Å². The summed E-state index contributed by atoms with van der Waals surface area (Å²) in [7, 11) is 0. The van der Waals surface area contributed by atoms with Gasteiger partial charge in [-0.2, -0.15) is 0 Å². The van der Waals surface area contributed by atoms with Crippen molar-refractivity contribution in [2.75, 3.05) is 12.3 Å². The topological polar surface area (TPSA) is 64.3 Å². The minimum atomic E-state index is -0.658. The molecule has 106 valence electrons. The van der Waals surface area contributed by atoms with Crippen LogP contribution in [0.25, 0.3) is 0 Å². The van der Waals surface area contributed by atoms with Crippen molar-refractivity contribution in [3.8, 4) is 5.75 Å². The van der Waals surface area contributed by atoms with Crippen LogP contribution in [-0.4, -0.2) is 18.6 Å². The third kappa shape index (κ3) is 5.16. The third-order valence-corrected chi connectivity index (χ3v) is 2.72. The van der Waals surface area contributed by atoms with Gasteiger partial charge in [0.25, 0.3) is 5.91 Å². The zero-order chi connectivity index (χ0) is 14.3. The van der Waals surface area contributed by atoms with E-state index >= 15 is 0 Å². The van der Waals surface area contributed by atoms with Crippen molar-refractivity contribution in [3.63, 3.8) is 0 Å². The van der Waals surface area contributed by atoms with Crippen LogP contribution in [0, 0.1) is 5.82 Å². The number of anilines is 1. The smallest absolute Gasteiger partial charge is 0.260 e. The van der Waals surface area contributed by atoms with Crippen molar-refractivity contribution in [2.45, 2.75) is 39.2 Å². The summed E-state index contributed by atoms with van der Waals surface area (Å²) in [6, 6.07) is 3.84. The zero-order valence-electron chi connectivity index (χ0n) is 11.4. The standard InChI is InChI=1S/C14H21FN2O2/c1-3-4-5-8-17-14(18)10(2)19-13-7-6-11(15)9-12(13)16/h6-7,9-10H,3-5,8,16H2,1-2H3,(H,17,18). The first-order chi connectivity index (χ1) is 9.04. The summed E-state index contributed by atoms with van der Waals surface area (Å²) in [6.45, 7) is 4.38. The van der Waals surface area contributed by atoms with Crippen LogP contribution in [0.15, 0.2) is 18.2 Å². The molecular formula is C14H21FN2O2.